The standard InChI is InChI=1S/C19H18N2O3/c1-2-24-19(23)18-17(22)13-16(14-9-5-3-6-10-14)21(20-18)15-11-7-4-8-12-15/h3-12,16H,2,13H2,1H3/t16-/m0/s1. The van der Waals surface area contributed by atoms with Gasteiger partial charge in [-0.1, -0.05) is 48.5 Å². The van der Waals surface area contributed by atoms with Crippen LogP contribution in [0, 0.1) is 0 Å². The quantitative estimate of drug-likeness (QED) is 0.812. The van der Waals surface area contributed by atoms with Crippen molar-refractivity contribution < 1.29 is 14.3 Å². The molecule has 2 aromatic carbocycles. The van der Waals surface area contributed by atoms with Gasteiger partial charge in [0.2, 0.25) is 5.71 Å². The third-order valence-corrected chi connectivity index (χ3v) is 3.82. The first-order chi connectivity index (χ1) is 11.7. The lowest BCUT2D eigenvalue weighted by atomic mass is 9.96. The average molecular weight is 322 g/mol. The Morgan fingerprint density at radius 3 is 2.38 bits per heavy atom. The molecule has 3 rings (SSSR count). The summed E-state index contributed by atoms with van der Waals surface area (Å²) in [6.45, 7) is 1.91. The fraction of sp³-hybridized carbons (Fsp3) is 0.211. The van der Waals surface area contributed by atoms with Crippen molar-refractivity contribution in [2.75, 3.05) is 11.6 Å². The highest BCUT2D eigenvalue weighted by Crippen LogP contribution is 2.33. The molecule has 0 saturated heterocycles. The molecular weight excluding hydrogens is 304 g/mol. The zero-order chi connectivity index (χ0) is 16.9. The predicted octanol–water partition coefficient (Wildman–Crippen LogP) is 3.13. The lowest BCUT2D eigenvalue weighted by Gasteiger charge is -2.33. The van der Waals surface area contributed by atoms with E-state index in [2.05, 4.69) is 5.10 Å². The van der Waals surface area contributed by atoms with Crippen LogP contribution in [0.1, 0.15) is 24.9 Å². The first kappa shape index (κ1) is 15.9. The van der Waals surface area contributed by atoms with E-state index in [1.807, 2.05) is 60.7 Å². The van der Waals surface area contributed by atoms with Gasteiger partial charge in [-0.15, -0.1) is 0 Å². The third-order valence-electron chi connectivity index (χ3n) is 3.82. The summed E-state index contributed by atoms with van der Waals surface area (Å²) in [6.07, 6.45) is 0.177. The second-order valence-corrected chi connectivity index (χ2v) is 5.40. The van der Waals surface area contributed by atoms with Gasteiger partial charge in [-0.25, -0.2) is 4.79 Å². The number of hydrazone groups is 1. The van der Waals surface area contributed by atoms with Crippen LogP contribution < -0.4 is 5.01 Å². The number of anilines is 1. The number of carbonyl (C=O) groups excluding carboxylic acids is 2. The van der Waals surface area contributed by atoms with Gasteiger partial charge in [0.15, 0.2) is 5.78 Å². The molecular formula is C19H18N2O3. The smallest absolute Gasteiger partial charge is 0.362 e. The van der Waals surface area contributed by atoms with Gasteiger partial charge in [0.25, 0.3) is 0 Å². The van der Waals surface area contributed by atoms with E-state index < -0.39 is 5.97 Å². The fourth-order valence-electron chi connectivity index (χ4n) is 2.70. The summed E-state index contributed by atoms with van der Waals surface area (Å²) >= 11 is 0. The summed E-state index contributed by atoms with van der Waals surface area (Å²) in [5.74, 6) is -0.968. The van der Waals surface area contributed by atoms with Crippen molar-refractivity contribution in [3.63, 3.8) is 0 Å². The Balaban J connectivity index is 2.04. The van der Waals surface area contributed by atoms with E-state index in [0.717, 1.165) is 11.3 Å². The lowest BCUT2D eigenvalue weighted by Crippen LogP contribution is -2.39. The van der Waals surface area contributed by atoms with Crippen LogP contribution in [0.2, 0.25) is 0 Å². The van der Waals surface area contributed by atoms with E-state index in [1.54, 1.807) is 11.9 Å². The molecule has 0 bridgehead atoms. The number of hydrogen-bond donors (Lipinski definition) is 0. The third kappa shape index (κ3) is 3.20. The maximum Gasteiger partial charge on any atom is 0.362 e. The molecule has 0 saturated carbocycles. The maximum atomic E-state index is 12.4. The second kappa shape index (κ2) is 7.08. The summed E-state index contributed by atoms with van der Waals surface area (Å²) in [5, 5.41) is 6.06. The van der Waals surface area contributed by atoms with Crippen LogP contribution in [0.5, 0.6) is 0 Å². The van der Waals surface area contributed by atoms with E-state index in [9.17, 15) is 9.59 Å². The van der Waals surface area contributed by atoms with Crippen molar-refractivity contribution in [2.45, 2.75) is 19.4 Å². The summed E-state index contributed by atoms with van der Waals surface area (Å²) in [6, 6.07) is 18.9. The van der Waals surface area contributed by atoms with Crippen LogP contribution in [0.4, 0.5) is 5.69 Å². The van der Waals surface area contributed by atoms with Crippen LogP contribution in [-0.4, -0.2) is 24.1 Å². The molecule has 1 heterocycles. The molecule has 0 N–H and O–H groups in total. The van der Waals surface area contributed by atoms with Crippen LogP contribution in [-0.2, 0) is 14.3 Å². The number of para-hydroxylation sites is 1. The van der Waals surface area contributed by atoms with Gasteiger partial charge >= 0.3 is 5.97 Å². The number of Topliss-reactive ketones (excluding diaryl/α,β-unsaturated/α-hetero) is 1. The van der Waals surface area contributed by atoms with Crippen molar-refractivity contribution in [1.82, 2.24) is 0 Å². The SMILES string of the molecule is CCOC(=O)C1=NN(c2ccccc2)[C@H](c2ccccc2)CC1=O. The molecule has 1 aliphatic rings. The molecule has 0 fully saturated rings. The number of nitrogens with zero attached hydrogens (tertiary/aromatic N) is 2. The molecule has 122 valence electrons. The van der Waals surface area contributed by atoms with Crippen molar-refractivity contribution in [3.05, 3.63) is 66.2 Å². The minimum Gasteiger partial charge on any atom is -0.461 e. The van der Waals surface area contributed by atoms with Crippen LogP contribution >= 0.6 is 0 Å². The Bertz CT molecular complexity index is 757. The van der Waals surface area contributed by atoms with Gasteiger partial charge in [0.1, 0.15) is 0 Å². The number of ketones is 1. The average Bonchev–Trinajstić information content (AvgIpc) is 2.63. The lowest BCUT2D eigenvalue weighted by molar-refractivity contribution is -0.135. The van der Waals surface area contributed by atoms with Gasteiger partial charge in [0.05, 0.1) is 18.3 Å². The zero-order valence-electron chi connectivity index (χ0n) is 13.4. The van der Waals surface area contributed by atoms with Crippen LogP contribution in [0.25, 0.3) is 0 Å². The number of ether oxygens (including phenoxy) is 1. The molecule has 0 spiro atoms. The molecule has 0 aromatic heterocycles. The van der Waals surface area contributed by atoms with Gasteiger partial charge < -0.3 is 4.74 Å². The zero-order valence-corrected chi connectivity index (χ0v) is 13.4. The first-order valence-corrected chi connectivity index (χ1v) is 7.89. The van der Waals surface area contributed by atoms with Crippen molar-refractivity contribution in [3.8, 4) is 0 Å². The van der Waals surface area contributed by atoms with E-state index in [4.69, 9.17) is 4.74 Å². The molecule has 0 aliphatic carbocycles. The minimum absolute atomic E-state index is 0.145. The molecule has 24 heavy (non-hydrogen) atoms. The maximum absolute atomic E-state index is 12.4. The number of benzene rings is 2. The molecule has 5 nitrogen and oxygen atoms in total. The summed E-state index contributed by atoms with van der Waals surface area (Å²) < 4.78 is 4.96. The molecule has 1 aliphatic heterocycles. The highest BCUT2D eigenvalue weighted by molar-refractivity contribution is 6.64. The number of carbonyl (C=O) groups is 2. The normalized spacial score (nSPS) is 17.4. The Morgan fingerprint density at radius 2 is 1.75 bits per heavy atom. The Morgan fingerprint density at radius 1 is 1.12 bits per heavy atom. The topological polar surface area (TPSA) is 59.0 Å². The summed E-state index contributed by atoms with van der Waals surface area (Å²) in [7, 11) is 0. The molecule has 1 atom stereocenters. The highest BCUT2D eigenvalue weighted by Gasteiger charge is 2.35. The number of hydrogen-bond acceptors (Lipinski definition) is 5. The van der Waals surface area contributed by atoms with Gasteiger partial charge in [-0.05, 0) is 24.6 Å². The fourth-order valence-corrected chi connectivity index (χ4v) is 2.70. The number of rotatable bonds is 4. The van der Waals surface area contributed by atoms with E-state index in [-0.39, 0.29) is 30.6 Å². The van der Waals surface area contributed by atoms with Crippen LogP contribution in [0.15, 0.2) is 65.8 Å². The van der Waals surface area contributed by atoms with E-state index in [0.29, 0.717) is 0 Å². The highest BCUT2D eigenvalue weighted by atomic mass is 16.5. The largest absolute Gasteiger partial charge is 0.461 e. The Kier molecular flexibility index (Phi) is 4.70. The molecule has 0 unspecified atom stereocenters. The van der Waals surface area contributed by atoms with Gasteiger partial charge in [-0.3, -0.25) is 9.80 Å². The van der Waals surface area contributed by atoms with E-state index in [1.165, 1.54) is 0 Å². The van der Waals surface area contributed by atoms with Crippen molar-refractivity contribution in [2.24, 2.45) is 5.10 Å². The van der Waals surface area contributed by atoms with Crippen molar-refractivity contribution >= 4 is 23.2 Å². The first-order valence-electron chi connectivity index (χ1n) is 7.89. The minimum atomic E-state index is -0.671. The summed E-state index contributed by atoms with van der Waals surface area (Å²) in [5.41, 5.74) is 1.65. The Labute approximate surface area is 140 Å². The molecule has 2 aromatic rings. The van der Waals surface area contributed by atoms with E-state index >= 15 is 0 Å². The monoisotopic (exact) mass is 322 g/mol. The molecule has 0 amide bonds. The number of esters is 1. The second-order valence-electron chi connectivity index (χ2n) is 5.40. The van der Waals surface area contributed by atoms with Crippen molar-refractivity contribution in [1.29, 1.82) is 0 Å². The molecule has 5 heteroatoms. The molecule has 0 radical (unpaired) electrons. The summed E-state index contributed by atoms with van der Waals surface area (Å²) in [4.78, 5) is 24.4. The van der Waals surface area contributed by atoms with Gasteiger partial charge in [0, 0.05) is 6.42 Å². The van der Waals surface area contributed by atoms with Gasteiger partial charge in [-0.2, -0.15) is 5.10 Å². The van der Waals surface area contributed by atoms with Crippen LogP contribution in [0.3, 0.4) is 0 Å². The Hall–Kier alpha value is -2.95. The predicted molar refractivity (Wildman–Crippen MR) is 91.8 cm³/mol.